The monoisotopic (exact) mass is 352 g/mol. The Kier molecular flexibility index (Phi) is 4.20. The number of amides is 1. The first-order valence-corrected chi connectivity index (χ1v) is 7.84. The topological polar surface area (TPSA) is 61.4 Å². The molecule has 0 bridgehead atoms. The Labute approximate surface area is 141 Å². The Morgan fingerprint density at radius 1 is 1.14 bits per heavy atom. The van der Waals surface area contributed by atoms with E-state index in [1.165, 1.54) is 24.0 Å². The lowest BCUT2D eigenvalue weighted by atomic mass is 10.3. The van der Waals surface area contributed by atoms with Crippen LogP contribution in [0.1, 0.15) is 0 Å². The fourth-order valence-corrected chi connectivity index (χ4v) is 3.22. The summed E-state index contributed by atoms with van der Waals surface area (Å²) >= 11 is 13.1. The van der Waals surface area contributed by atoms with Crippen LogP contribution < -0.4 is 10.6 Å². The highest BCUT2D eigenvalue weighted by atomic mass is 35.5. The van der Waals surface area contributed by atoms with Gasteiger partial charge in [0.05, 0.1) is 16.3 Å². The number of hydrogen-bond donors (Lipinski definition) is 3. The maximum Gasteiger partial charge on any atom is 0.263 e. The Hall–Kier alpha value is -1.82. The van der Waals surface area contributed by atoms with E-state index in [1.54, 1.807) is 30.3 Å². The van der Waals surface area contributed by atoms with Crippen LogP contribution in [0.5, 0.6) is 5.75 Å². The van der Waals surface area contributed by atoms with Gasteiger partial charge in [0.2, 0.25) is 0 Å². The molecule has 0 saturated carbocycles. The second-order valence-electron chi connectivity index (χ2n) is 4.51. The van der Waals surface area contributed by atoms with Gasteiger partial charge in [0.1, 0.15) is 5.75 Å². The number of fused-ring (bicyclic) bond motifs is 1. The fraction of sp³-hybridized carbons (Fsp3) is 0. The van der Waals surface area contributed by atoms with Gasteiger partial charge in [-0.1, -0.05) is 35.0 Å². The van der Waals surface area contributed by atoms with Gasteiger partial charge in [-0.15, -0.1) is 0 Å². The van der Waals surface area contributed by atoms with Crippen molar-refractivity contribution in [1.29, 1.82) is 0 Å². The van der Waals surface area contributed by atoms with Crippen molar-refractivity contribution in [1.82, 2.24) is 0 Å². The highest BCUT2D eigenvalue weighted by Crippen LogP contribution is 2.39. The number of halogens is 2. The number of anilines is 2. The first-order valence-electron chi connectivity index (χ1n) is 6.27. The molecular weight excluding hydrogens is 343 g/mol. The van der Waals surface area contributed by atoms with E-state index in [0.29, 0.717) is 20.6 Å². The average Bonchev–Trinajstić information content (AvgIpc) is 2.48. The zero-order chi connectivity index (χ0) is 15.7. The van der Waals surface area contributed by atoms with E-state index in [4.69, 9.17) is 23.2 Å². The number of hydrogen-bond acceptors (Lipinski definition) is 4. The molecular formula is C15H10Cl2N2O2S. The molecule has 3 N–H and O–H groups in total. The van der Waals surface area contributed by atoms with E-state index in [-0.39, 0.29) is 11.7 Å². The summed E-state index contributed by atoms with van der Waals surface area (Å²) in [6.45, 7) is 0. The summed E-state index contributed by atoms with van der Waals surface area (Å²) in [6.07, 6.45) is 1.52. The molecule has 112 valence electrons. The van der Waals surface area contributed by atoms with Gasteiger partial charge in [-0.05, 0) is 36.4 Å². The summed E-state index contributed by atoms with van der Waals surface area (Å²) in [4.78, 5) is 13.4. The Morgan fingerprint density at radius 2 is 1.86 bits per heavy atom. The summed E-state index contributed by atoms with van der Waals surface area (Å²) in [7, 11) is 0. The SMILES string of the molecule is O=C1Nc2ccc(Cl)cc2S/C1=C/Nc1cc(Cl)ccc1O. The van der Waals surface area contributed by atoms with Gasteiger partial charge in [-0.25, -0.2) is 0 Å². The van der Waals surface area contributed by atoms with Crippen molar-refractivity contribution in [2.24, 2.45) is 0 Å². The van der Waals surface area contributed by atoms with Crippen LogP contribution in [0, 0.1) is 0 Å². The third kappa shape index (κ3) is 3.16. The lowest BCUT2D eigenvalue weighted by molar-refractivity contribution is -0.112. The number of phenolic OH excluding ortho intramolecular Hbond substituents is 1. The first-order chi connectivity index (χ1) is 10.5. The summed E-state index contributed by atoms with van der Waals surface area (Å²) in [5.74, 6) is -0.181. The Balaban J connectivity index is 1.85. The van der Waals surface area contributed by atoms with Gasteiger partial charge in [0.25, 0.3) is 5.91 Å². The molecule has 2 aromatic carbocycles. The van der Waals surface area contributed by atoms with Crippen LogP contribution in [0.2, 0.25) is 10.0 Å². The number of rotatable bonds is 2. The molecule has 0 aliphatic carbocycles. The molecule has 0 spiro atoms. The van der Waals surface area contributed by atoms with E-state index in [9.17, 15) is 9.90 Å². The van der Waals surface area contributed by atoms with E-state index < -0.39 is 0 Å². The van der Waals surface area contributed by atoms with Gasteiger partial charge >= 0.3 is 0 Å². The smallest absolute Gasteiger partial charge is 0.263 e. The minimum Gasteiger partial charge on any atom is -0.506 e. The molecule has 1 amide bonds. The van der Waals surface area contributed by atoms with Crippen molar-refractivity contribution in [2.45, 2.75) is 4.90 Å². The minimum atomic E-state index is -0.228. The normalized spacial score (nSPS) is 15.4. The summed E-state index contributed by atoms with van der Waals surface area (Å²) in [6, 6.07) is 9.89. The third-order valence-electron chi connectivity index (χ3n) is 2.95. The number of carbonyl (C=O) groups is 1. The molecule has 2 aromatic rings. The van der Waals surface area contributed by atoms with Crippen molar-refractivity contribution in [3.63, 3.8) is 0 Å². The first kappa shape index (κ1) is 15.1. The molecule has 0 atom stereocenters. The molecule has 1 aliphatic rings. The second kappa shape index (κ2) is 6.12. The van der Waals surface area contributed by atoms with Gasteiger partial charge in [0, 0.05) is 21.1 Å². The quantitative estimate of drug-likeness (QED) is 0.541. The maximum absolute atomic E-state index is 12.1. The average molecular weight is 353 g/mol. The second-order valence-corrected chi connectivity index (χ2v) is 6.47. The molecule has 22 heavy (non-hydrogen) atoms. The lowest BCUT2D eigenvalue weighted by Gasteiger charge is -2.18. The molecule has 3 rings (SSSR count). The molecule has 1 heterocycles. The largest absolute Gasteiger partial charge is 0.506 e. The van der Waals surface area contributed by atoms with E-state index in [0.717, 1.165) is 10.6 Å². The Bertz CT molecular complexity index is 793. The summed E-state index contributed by atoms with van der Waals surface area (Å²) < 4.78 is 0. The number of phenols is 1. The molecule has 7 heteroatoms. The van der Waals surface area contributed by atoms with Gasteiger partial charge < -0.3 is 15.7 Å². The number of aromatic hydroxyl groups is 1. The number of benzene rings is 2. The number of nitrogens with one attached hydrogen (secondary N) is 2. The van der Waals surface area contributed by atoms with Crippen LogP contribution in [0.4, 0.5) is 11.4 Å². The zero-order valence-electron chi connectivity index (χ0n) is 11.1. The van der Waals surface area contributed by atoms with Crippen LogP contribution in [0.25, 0.3) is 0 Å². The predicted molar refractivity (Wildman–Crippen MR) is 90.8 cm³/mol. The van der Waals surface area contributed by atoms with E-state index >= 15 is 0 Å². The highest BCUT2D eigenvalue weighted by molar-refractivity contribution is 8.04. The van der Waals surface area contributed by atoms with Gasteiger partial charge in [0.15, 0.2) is 0 Å². The van der Waals surface area contributed by atoms with Gasteiger partial charge in [-0.3, -0.25) is 4.79 Å². The van der Waals surface area contributed by atoms with Crippen molar-refractivity contribution in [2.75, 3.05) is 10.6 Å². The van der Waals surface area contributed by atoms with E-state index in [2.05, 4.69) is 10.6 Å². The van der Waals surface area contributed by atoms with Crippen LogP contribution in [-0.4, -0.2) is 11.0 Å². The standard InChI is InChI=1S/C15H10Cl2N2O2S/c16-8-2-4-12(20)11(5-8)18-7-14-15(21)19-10-3-1-9(17)6-13(10)22-14/h1-7,18,20H,(H,19,21)/b14-7+. The molecule has 0 aromatic heterocycles. The van der Waals surface area contributed by atoms with Crippen molar-refractivity contribution < 1.29 is 9.90 Å². The van der Waals surface area contributed by atoms with Crippen LogP contribution in [0.3, 0.4) is 0 Å². The fourth-order valence-electron chi connectivity index (χ4n) is 1.89. The number of thioether (sulfide) groups is 1. The van der Waals surface area contributed by atoms with Crippen molar-refractivity contribution in [3.8, 4) is 5.75 Å². The molecule has 0 fully saturated rings. The minimum absolute atomic E-state index is 0.0471. The maximum atomic E-state index is 12.1. The predicted octanol–water partition coefficient (Wildman–Crippen LogP) is 4.70. The summed E-state index contributed by atoms with van der Waals surface area (Å²) in [5.41, 5.74) is 1.15. The van der Waals surface area contributed by atoms with Crippen LogP contribution in [-0.2, 0) is 4.79 Å². The molecule has 4 nitrogen and oxygen atoms in total. The molecule has 0 radical (unpaired) electrons. The molecule has 0 saturated heterocycles. The van der Waals surface area contributed by atoms with Crippen LogP contribution >= 0.6 is 35.0 Å². The Morgan fingerprint density at radius 3 is 2.68 bits per heavy atom. The van der Waals surface area contributed by atoms with Crippen LogP contribution in [0.15, 0.2) is 52.4 Å². The van der Waals surface area contributed by atoms with Crippen molar-refractivity contribution in [3.05, 3.63) is 57.5 Å². The third-order valence-corrected chi connectivity index (χ3v) is 4.50. The van der Waals surface area contributed by atoms with E-state index in [1.807, 2.05) is 0 Å². The van der Waals surface area contributed by atoms with Gasteiger partial charge in [-0.2, -0.15) is 0 Å². The highest BCUT2D eigenvalue weighted by Gasteiger charge is 2.21. The lowest BCUT2D eigenvalue weighted by Crippen LogP contribution is -2.18. The molecule has 0 unspecified atom stereocenters. The molecule has 1 aliphatic heterocycles. The number of carbonyl (C=O) groups excluding carboxylic acids is 1. The summed E-state index contributed by atoms with van der Waals surface area (Å²) in [5, 5.41) is 16.5. The zero-order valence-corrected chi connectivity index (χ0v) is 13.4. The van der Waals surface area contributed by atoms with Crippen molar-refractivity contribution >= 4 is 52.2 Å².